The highest BCUT2D eigenvalue weighted by molar-refractivity contribution is 5.74. The fourth-order valence-corrected chi connectivity index (χ4v) is 2.25. The van der Waals surface area contributed by atoms with Crippen molar-refractivity contribution in [3.05, 3.63) is 18.5 Å². The molecule has 94 valence electrons. The van der Waals surface area contributed by atoms with Crippen molar-refractivity contribution in [3.63, 3.8) is 0 Å². The summed E-state index contributed by atoms with van der Waals surface area (Å²) in [6.07, 6.45) is 5.94. The molecule has 1 aliphatic heterocycles. The van der Waals surface area contributed by atoms with E-state index in [0.717, 1.165) is 32.5 Å². The van der Waals surface area contributed by atoms with Gasteiger partial charge in [-0.05, 0) is 31.7 Å². The van der Waals surface area contributed by atoms with E-state index in [-0.39, 0.29) is 6.03 Å². The van der Waals surface area contributed by atoms with Crippen LogP contribution in [0, 0.1) is 5.92 Å². The number of hydrogen-bond donors (Lipinski definition) is 1. The van der Waals surface area contributed by atoms with Gasteiger partial charge in [-0.3, -0.25) is 4.68 Å². The summed E-state index contributed by atoms with van der Waals surface area (Å²) in [4.78, 5) is 13.5. The Kier molecular flexibility index (Phi) is 4.01. The van der Waals surface area contributed by atoms with E-state index in [1.165, 1.54) is 0 Å². The first-order chi connectivity index (χ1) is 8.29. The maximum atomic E-state index is 11.6. The van der Waals surface area contributed by atoms with E-state index in [1.54, 1.807) is 0 Å². The van der Waals surface area contributed by atoms with E-state index in [1.807, 2.05) is 35.0 Å². The first-order valence-electron chi connectivity index (χ1n) is 6.29. The molecule has 0 radical (unpaired) electrons. The van der Waals surface area contributed by atoms with Crippen LogP contribution in [0.3, 0.4) is 0 Å². The molecular formula is C12H20N4O. The summed E-state index contributed by atoms with van der Waals surface area (Å²) in [6.45, 7) is 5.33. The van der Waals surface area contributed by atoms with Crippen LogP contribution in [0.25, 0.3) is 0 Å². The zero-order chi connectivity index (χ0) is 12.1. The number of likely N-dealkylation sites (tertiary alicyclic amines) is 1. The molecule has 1 N–H and O–H groups in total. The van der Waals surface area contributed by atoms with Crippen molar-refractivity contribution in [1.82, 2.24) is 20.0 Å². The quantitative estimate of drug-likeness (QED) is 0.860. The molecule has 2 heterocycles. The van der Waals surface area contributed by atoms with Gasteiger partial charge in [-0.25, -0.2) is 4.79 Å². The maximum Gasteiger partial charge on any atom is 0.317 e. The molecule has 2 amide bonds. The summed E-state index contributed by atoms with van der Waals surface area (Å²) in [5, 5.41) is 7.06. The minimum Gasteiger partial charge on any atom is -0.338 e. The van der Waals surface area contributed by atoms with Crippen LogP contribution in [-0.2, 0) is 6.54 Å². The van der Waals surface area contributed by atoms with Gasteiger partial charge in [0.25, 0.3) is 0 Å². The number of rotatable bonds is 3. The summed E-state index contributed by atoms with van der Waals surface area (Å²) < 4.78 is 1.98. The van der Waals surface area contributed by atoms with E-state index >= 15 is 0 Å². The molecule has 17 heavy (non-hydrogen) atoms. The van der Waals surface area contributed by atoms with Gasteiger partial charge < -0.3 is 10.2 Å². The largest absolute Gasteiger partial charge is 0.338 e. The SMILES string of the molecule is CCNC(=O)N1CCC(Cn2cccn2)CC1. The smallest absolute Gasteiger partial charge is 0.317 e. The zero-order valence-corrected chi connectivity index (χ0v) is 10.3. The molecule has 0 unspecified atom stereocenters. The lowest BCUT2D eigenvalue weighted by Gasteiger charge is -2.31. The number of piperidine rings is 1. The Hall–Kier alpha value is -1.52. The Morgan fingerprint density at radius 3 is 2.82 bits per heavy atom. The third-order valence-electron chi connectivity index (χ3n) is 3.23. The van der Waals surface area contributed by atoms with E-state index in [9.17, 15) is 4.79 Å². The molecular weight excluding hydrogens is 216 g/mol. The Labute approximate surface area is 102 Å². The van der Waals surface area contributed by atoms with Crippen molar-refractivity contribution in [1.29, 1.82) is 0 Å². The molecule has 1 aromatic heterocycles. The molecule has 0 atom stereocenters. The fraction of sp³-hybridized carbons (Fsp3) is 0.667. The third-order valence-corrected chi connectivity index (χ3v) is 3.23. The molecule has 0 bridgehead atoms. The molecule has 5 nitrogen and oxygen atoms in total. The summed E-state index contributed by atoms with van der Waals surface area (Å²) >= 11 is 0. The Bertz CT molecular complexity index is 341. The average molecular weight is 236 g/mol. The molecule has 0 saturated carbocycles. The second-order valence-electron chi connectivity index (χ2n) is 4.49. The summed E-state index contributed by atoms with van der Waals surface area (Å²) in [5.74, 6) is 0.639. The van der Waals surface area contributed by atoms with E-state index in [4.69, 9.17) is 0 Å². The monoisotopic (exact) mass is 236 g/mol. The number of nitrogens with zero attached hydrogens (tertiary/aromatic N) is 3. The predicted octanol–water partition coefficient (Wildman–Crippen LogP) is 1.32. The number of aromatic nitrogens is 2. The van der Waals surface area contributed by atoms with Crippen LogP contribution in [0.4, 0.5) is 4.79 Å². The van der Waals surface area contributed by atoms with Gasteiger partial charge in [-0.1, -0.05) is 0 Å². The second kappa shape index (κ2) is 5.70. The van der Waals surface area contributed by atoms with E-state index < -0.39 is 0 Å². The van der Waals surface area contributed by atoms with Crippen LogP contribution in [0.15, 0.2) is 18.5 Å². The molecule has 1 aliphatic rings. The highest BCUT2D eigenvalue weighted by Gasteiger charge is 2.22. The molecule has 0 aliphatic carbocycles. The topological polar surface area (TPSA) is 50.2 Å². The van der Waals surface area contributed by atoms with Gasteiger partial charge >= 0.3 is 6.03 Å². The first kappa shape index (κ1) is 12.0. The number of nitrogens with one attached hydrogen (secondary N) is 1. The summed E-state index contributed by atoms with van der Waals surface area (Å²) in [7, 11) is 0. The average Bonchev–Trinajstić information content (AvgIpc) is 2.83. The number of hydrogen-bond acceptors (Lipinski definition) is 2. The van der Waals surface area contributed by atoms with Crippen LogP contribution >= 0.6 is 0 Å². The second-order valence-corrected chi connectivity index (χ2v) is 4.49. The Balaban J connectivity index is 1.76. The Morgan fingerprint density at radius 1 is 1.47 bits per heavy atom. The Morgan fingerprint density at radius 2 is 2.24 bits per heavy atom. The van der Waals surface area contributed by atoms with E-state index in [0.29, 0.717) is 12.5 Å². The summed E-state index contributed by atoms with van der Waals surface area (Å²) in [6, 6.07) is 2.02. The molecule has 1 fully saturated rings. The van der Waals surface area contributed by atoms with Gasteiger partial charge in [0.05, 0.1) is 0 Å². The van der Waals surface area contributed by atoms with Crippen molar-refractivity contribution in [2.45, 2.75) is 26.3 Å². The third kappa shape index (κ3) is 3.22. The molecule has 0 spiro atoms. The van der Waals surface area contributed by atoms with Crippen molar-refractivity contribution >= 4 is 6.03 Å². The molecule has 1 saturated heterocycles. The minimum atomic E-state index is 0.0741. The minimum absolute atomic E-state index is 0.0741. The highest BCUT2D eigenvalue weighted by Crippen LogP contribution is 2.18. The van der Waals surface area contributed by atoms with Crippen LogP contribution in [-0.4, -0.2) is 40.3 Å². The van der Waals surface area contributed by atoms with Gasteiger partial charge in [0, 0.05) is 38.6 Å². The number of urea groups is 1. The van der Waals surface area contributed by atoms with Crippen LogP contribution in [0.1, 0.15) is 19.8 Å². The predicted molar refractivity (Wildman–Crippen MR) is 65.6 cm³/mol. The van der Waals surface area contributed by atoms with Gasteiger partial charge in [-0.15, -0.1) is 0 Å². The van der Waals surface area contributed by atoms with Gasteiger partial charge in [0.15, 0.2) is 0 Å². The highest BCUT2D eigenvalue weighted by atomic mass is 16.2. The number of carbonyl (C=O) groups is 1. The zero-order valence-electron chi connectivity index (χ0n) is 10.3. The molecule has 0 aromatic carbocycles. The lowest BCUT2D eigenvalue weighted by molar-refractivity contribution is 0.164. The van der Waals surface area contributed by atoms with Crippen molar-refractivity contribution in [2.75, 3.05) is 19.6 Å². The van der Waals surface area contributed by atoms with Gasteiger partial charge in [0.1, 0.15) is 0 Å². The lowest BCUT2D eigenvalue weighted by atomic mass is 9.97. The van der Waals surface area contributed by atoms with Crippen LogP contribution < -0.4 is 5.32 Å². The van der Waals surface area contributed by atoms with Gasteiger partial charge in [0.2, 0.25) is 0 Å². The fourth-order valence-electron chi connectivity index (χ4n) is 2.25. The summed E-state index contributed by atoms with van der Waals surface area (Å²) in [5.41, 5.74) is 0. The number of carbonyl (C=O) groups excluding carboxylic acids is 1. The molecule has 5 heteroatoms. The number of amides is 2. The molecule has 2 rings (SSSR count). The maximum absolute atomic E-state index is 11.6. The van der Waals surface area contributed by atoms with Crippen molar-refractivity contribution in [2.24, 2.45) is 5.92 Å². The van der Waals surface area contributed by atoms with Crippen molar-refractivity contribution < 1.29 is 4.79 Å². The standard InChI is InChI=1S/C12H20N4O/c1-2-13-12(17)15-8-4-11(5-9-15)10-16-7-3-6-14-16/h3,6-7,11H,2,4-5,8-10H2,1H3,(H,13,17). The van der Waals surface area contributed by atoms with Gasteiger partial charge in [-0.2, -0.15) is 5.10 Å². The van der Waals surface area contributed by atoms with Crippen LogP contribution in [0.2, 0.25) is 0 Å². The molecule has 1 aromatic rings. The first-order valence-corrected chi connectivity index (χ1v) is 6.29. The van der Waals surface area contributed by atoms with Crippen molar-refractivity contribution in [3.8, 4) is 0 Å². The lowest BCUT2D eigenvalue weighted by Crippen LogP contribution is -2.44. The van der Waals surface area contributed by atoms with E-state index in [2.05, 4.69) is 10.4 Å². The normalized spacial score (nSPS) is 17.1. The van der Waals surface area contributed by atoms with Crippen LogP contribution in [0.5, 0.6) is 0 Å².